The van der Waals surface area contributed by atoms with Crippen LogP contribution in [-0.2, 0) is 57.8 Å². The van der Waals surface area contributed by atoms with Gasteiger partial charge in [-0.15, -0.1) is 0 Å². The first-order chi connectivity index (χ1) is 48.5. The van der Waals surface area contributed by atoms with Gasteiger partial charge in [0.05, 0.1) is 47.1 Å². The van der Waals surface area contributed by atoms with Gasteiger partial charge in [-0.05, 0) is 172 Å². The summed E-state index contributed by atoms with van der Waals surface area (Å²) in [7, 11) is 7.11. The number of carboxylic acids is 4. The minimum absolute atomic E-state index is 0.0432. The van der Waals surface area contributed by atoms with Crippen LogP contribution in [-0.4, -0.2) is 293 Å². The molecule has 0 aromatic heterocycles. The Morgan fingerprint density at radius 1 is 0.346 bits per heavy atom. The third kappa shape index (κ3) is 73.1. The largest absolute Gasteiger partial charge is 0.481 e. The highest BCUT2D eigenvalue weighted by Crippen LogP contribution is 2.14. The van der Waals surface area contributed by atoms with E-state index in [2.05, 4.69) is 123 Å². The second-order valence-electron chi connectivity index (χ2n) is 34.4. The first kappa shape index (κ1) is 115. The highest BCUT2D eigenvalue weighted by Gasteiger charge is 2.26. The number of carboxylic acid groups (broad SMARTS) is 4. The van der Waals surface area contributed by atoms with E-state index in [-0.39, 0.29) is 85.8 Å². The number of quaternary nitrogens is 1. The van der Waals surface area contributed by atoms with E-state index in [1.165, 1.54) is 0 Å². The van der Waals surface area contributed by atoms with Gasteiger partial charge in [0.1, 0.15) is 11.8 Å². The van der Waals surface area contributed by atoms with Crippen molar-refractivity contribution in [3.8, 4) is 0 Å². The number of amides is 6. The van der Waals surface area contributed by atoms with Crippen LogP contribution in [0.1, 0.15) is 258 Å². The Bertz CT molecular complexity index is 2550. The van der Waals surface area contributed by atoms with Crippen molar-refractivity contribution in [1.29, 1.82) is 0 Å². The first-order valence-corrected chi connectivity index (χ1v) is 41.3. The summed E-state index contributed by atoms with van der Waals surface area (Å²) in [4.78, 5) is 128. The van der Waals surface area contributed by atoms with Gasteiger partial charge in [0.2, 0.25) is 35.4 Å². The normalized spacial score (nSPS) is 11.8. The summed E-state index contributed by atoms with van der Waals surface area (Å²) in [5.41, 5.74) is 5.34. The average molecular weight is 1560 g/mol. The highest BCUT2D eigenvalue weighted by atomic mass is 32.2. The lowest BCUT2D eigenvalue weighted by atomic mass is 10.1. The van der Waals surface area contributed by atoms with Crippen molar-refractivity contribution in [3.63, 3.8) is 0 Å². The summed E-state index contributed by atoms with van der Waals surface area (Å²) >= 11 is 0. The third-order valence-electron chi connectivity index (χ3n) is 15.3. The molecule has 26 nitrogen and oxygen atoms in total. The Balaban J connectivity index is -0.000000218. The fourth-order valence-electron chi connectivity index (χ4n) is 10.2. The summed E-state index contributed by atoms with van der Waals surface area (Å²) in [5, 5.41) is 34.2. The number of carbonyl (C=O) groups is 10. The fourth-order valence-corrected chi connectivity index (χ4v) is 10.8. The second-order valence-corrected chi connectivity index (χ2v) is 36.5. The van der Waals surface area contributed by atoms with E-state index >= 15 is 0 Å². The number of nitrogens with two attached hydrogens (primary N) is 1. The quantitative estimate of drug-likeness (QED) is 0.0354. The molecule has 0 aromatic rings. The zero-order chi connectivity index (χ0) is 85.9. The number of sulfone groups is 1. The molecule has 636 valence electrons. The van der Waals surface area contributed by atoms with Gasteiger partial charge in [0, 0.05) is 133 Å². The predicted octanol–water partition coefficient (Wildman–Crippen LogP) is 11.5. The number of hydrogen-bond donors (Lipinski definition) is 5. The van der Waals surface area contributed by atoms with Crippen LogP contribution in [0.5, 0.6) is 0 Å². The van der Waals surface area contributed by atoms with Crippen molar-refractivity contribution >= 4 is 69.2 Å². The van der Waals surface area contributed by atoms with Crippen LogP contribution in [0.3, 0.4) is 0 Å². The molecule has 0 saturated heterocycles. The van der Waals surface area contributed by atoms with E-state index in [0.29, 0.717) is 111 Å². The number of rotatable bonds is 43. The van der Waals surface area contributed by atoms with E-state index in [9.17, 15) is 56.4 Å². The first-order valence-electron chi connectivity index (χ1n) is 39.2. The van der Waals surface area contributed by atoms with Crippen LogP contribution in [0.2, 0.25) is 0 Å². The molecule has 0 heterocycles. The number of nitrogens with zero attached hydrogens (tertiary/aromatic N) is 9. The SMILES string of the molecule is CC(C)CN(C(=O)CCC(=O)O)C(C)C.CC(C)CN(C(=O)CCCC(=O)O)C(C)C.CC(C)CN(C(=O)CCC[N+](C)(C)C)C(C)C.CC(C)CN(C(=O)CN(C)C)C(C)C.CC(C)CN(C(=O)CS(C)(=O)=O)C(C)C.CC(C)CN(C(=O)C[C@H](N)C(=O)O)C(C)C.CC(C)CN(CCCC(=O)O)C(C)C. The van der Waals surface area contributed by atoms with Crippen molar-refractivity contribution in [2.75, 3.05) is 113 Å². The Kier molecular flexibility index (Phi) is 66.7. The average Bonchev–Trinajstić information content (AvgIpc) is 1.01. The molecular formula is C80H165N10O16S+. The molecule has 0 aliphatic heterocycles. The van der Waals surface area contributed by atoms with Crippen LogP contribution in [0.25, 0.3) is 0 Å². The minimum Gasteiger partial charge on any atom is -0.481 e. The van der Waals surface area contributed by atoms with Crippen molar-refractivity contribution in [1.82, 2.24) is 39.2 Å². The minimum atomic E-state index is -3.23. The van der Waals surface area contributed by atoms with Crippen LogP contribution < -0.4 is 5.73 Å². The molecule has 0 unspecified atom stereocenters. The van der Waals surface area contributed by atoms with Crippen LogP contribution in [0.4, 0.5) is 0 Å². The van der Waals surface area contributed by atoms with Crippen LogP contribution >= 0.6 is 0 Å². The lowest BCUT2D eigenvalue weighted by molar-refractivity contribution is -0.870. The van der Waals surface area contributed by atoms with Crippen molar-refractivity contribution in [3.05, 3.63) is 0 Å². The second kappa shape index (κ2) is 62.2. The lowest BCUT2D eigenvalue weighted by Gasteiger charge is -2.29. The standard InChI is InChI=1S/C14H31N2O.C12H23NO3.C11H22N2O3.C11H24N2O.C11H21NO3.C11H23NO2.C10H21NO3S/c1-12(2)11-15(13(3)4)14(17)9-8-10-16(5,6)7;1-9(2)8-13(10(3)4)11(14)6-5-7-12(15)16;1-7(2)6-13(8(3)4)10(14)5-9(12)11(15)16;1-9(2)7-13(10(3)4)11(14)8-12(5)6;1-8(2)7-12(9(3)4)10(13)5-6-11(14)15;1-9(2)8-12(10(3)4)7-5-6-11(13)14;1-8(2)6-11(9(3)4)10(12)7-15(5,13)14/h12-13H,8-11H2,1-7H3;9-10H,5-8H2,1-4H3,(H,15,16);7-9H,5-6,12H2,1-4H3,(H,15,16);9-10H,7-8H2,1-6H3;8-9H,5-7H2,1-4H3,(H,14,15);9-10H,5-8H2,1-4H3,(H,13,14);8-9H,6-7H2,1-5H3/q+1;;;;;;/t;;9-;;;;/m..0..../s1. The maximum Gasteiger partial charge on any atom is 0.321 e. The van der Waals surface area contributed by atoms with Crippen LogP contribution in [0, 0.1) is 41.4 Å². The Morgan fingerprint density at radius 2 is 0.617 bits per heavy atom. The van der Waals surface area contributed by atoms with Gasteiger partial charge >= 0.3 is 23.9 Å². The molecule has 0 fully saturated rings. The zero-order valence-electron chi connectivity index (χ0n) is 74.2. The van der Waals surface area contributed by atoms with E-state index in [1.54, 1.807) is 14.7 Å². The smallest absolute Gasteiger partial charge is 0.321 e. The van der Waals surface area contributed by atoms with E-state index < -0.39 is 45.5 Å². The van der Waals surface area contributed by atoms with Gasteiger partial charge in [-0.2, -0.15) is 0 Å². The van der Waals surface area contributed by atoms with E-state index in [4.69, 9.17) is 26.2 Å². The lowest BCUT2D eigenvalue weighted by Crippen LogP contribution is -2.43. The molecule has 0 aliphatic carbocycles. The van der Waals surface area contributed by atoms with Crippen LogP contribution in [0.15, 0.2) is 0 Å². The van der Waals surface area contributed by atoms with Crippen molar-refractivity contribution in [2.24, 2.45) is 47.2 Å². The molecule has 0 radical (unpaired) electrons. The molecule has 27 heteroatoms. The van der Waals surface area contributed by atoms with Crippen molar-refractivity contribution in [2.45, 2.75) is 306 Å². The summed E-state index contributed by atoms with van der Waals surface area (Å²) < 4.78 is 22.9. The molecular weight excluding hydrogens is 1390 g/mol. The van der Waals surface area contributed by atoms with Gasteiger partial charge in [0.25, 0.3) is 0 Å². The molecule has 6 N–H and O–H groups in total. The molecule has 0 rings (SSSR count). The molecule has 0 bridgehead atoms. The van der Waals surface area contributed by atoms with Gasteiger partial charge < -0.3 is 69.8 Å². The maximum atomic E-state index is 12.1. The Morgan fingerprint density at radius 3 is 0.869 bits per heavy atom. The molecule has 6 amide bonds. The summed E-state index contributed by atoms with van der Waals surface area (Å²) in [6.45, 7) is 65.2. The summed E-state index contributed by atoms with van der Waals surface area (Å²) in [5.74, 6) is -0.713. The number of aliphatic carboxylic acids is 4. The molecule has 1 atom stereocenters. The van der Waals surface area contributed by atoms with Gasteiger partial charge in [-0.25, -0.2) is 8.42 Å². The number of hydrogen-bond acceptors (Lipinski definition) is 15. The molecule has 0 spiro atoms. The molecule has 107 heavy (non-hydrogen) atoms. The summed E-state index contributed by atoms with van der Waals surface area (Å²) in [6, 6.07) is 0.428. The van der Waals surface area contributed by atoms with Crippen molar-refractivity contribution < 1.29 is 81.3 Å². The number of likely N-dealkylation sites (N-methyl/N-ethyl adjacent to an activating group) is 1. The monoisotopic (exact) mass is 1550 g/mol. The fraction of sp³-hybridized carbons (Fsp3) is 0.875. The molecule has 0 aromatic carbocycles. The molecule has 0 saturated carbocycles. The summed E-state index contributed by atoms with van der Waals surface area (Å²) in [6.07, 6.45) is 4.47. The highest BCUT2D eigenvalue weighted by molar-refractivity contribution is 7.91. The maximum absolute atomic E-state index is 12.1. The molecule has 0 aliphatic rings. The topological polar surface area (TPSA) is 338 Å². The van der Waals surface area contributed by atoms with Gasteiger partial charge in [0.15, 0.2) is 9.84 Å². The van der Waals surface area contributed by atoms with E-state index in [0.717, 1.165) is 62.8 Å². The zero-order valence-corrected chi connectivity index (χ0v) is 75.0. The van der Waals surface area contributed by atoms with E-state index in [1.807, 2.05) is 131 Å². The van der Waals surface area contributed by atoms with Gasteiger partial charge in [-0.1, -0.05) is 96.9 Å². The Labute approximate surface area is 652 Å². The van der Waals surface area contributed by atoms with Gasteiger partial charge in [-0.3, -0.25) is 47.9 Å². The number of carbonyl (C=O) groups excluding carboxylic acids is 6. The third-order valence-corrected chi connectivity index (χ3v) is 16.1. The predicted molar refractivity (Wildman–Crippen MR) is 438 cm³/mol. The Hall–Kier alpha value is -5.51.